The Hall–Kier alpha value is -2.22. The van der Waals surface area contributed by atoms with Gasteiger partial charge >= 0.3 is 0 Å². The highest BCUT2D eigenvalue weighted by Crippen LogP contribution is 2.26. The number of benzene rings is 2. The minimum atomic E-state index is 0.214. The molecule has 0 aliphatic carbocycles. The van der Waals surface area contributed by atoms with Crippen molar-refractivity contribution in [3.63, 3.8) is 0 Å². The lowest BCUT2D eigenvalue weighted by Crippen LogP contribution is -2.10. The van der Waals surface area contributed by atoms with E-state index in [9.17, 15) is 0 Å². The summed E-state index contributed by atoms with van der Waals surface area (Å²) in [6, 6.07) is 17.9. The molecular formula is C18H21NO. The van der Waals surface area contributed by atoms with Gasteiger partial charge in [-0.3, -0.25) is 0 Å². The normalized spacial score (nSPS) is 10.9. The van der Waals surface area contributed by atoms with Gasteiger partial charge in [0.1, 0.15) is 5.58 Å². The van der Waals surface area contributed by atoms with Gasteiger partial charge in [0.25, 0.3) is 0 Å². The van der Waals surface area contributed by atoms with Gasteiger partial charge in [0.15, 0.2) is 0 Å². The number of anilines is 1. The number of fused-ring (bicyclic) bond motifs is 1. The quantitative estimate of drug-likeness (QED) is 0.582. The van der Waals surface area contributed by atoms with E-state index in [-0.39, 0.29) is 5.41 Å². The Bertz CT molecular complexity index is 662. The smallest absolute Gasteiger partial charge is 0.133 e. The lowest BCUT2D eigenvalue weighted by molar-refractivity contribution is 0.589. The summed E-state index contributed by atoms with van der Waals surface area (Å²) in [5.74, 6) is 0. The monoisotopic (exact) mass is 267 g/mol. The van der Waals surface area contributed by atoms with E-state index >= 15 is 0 Å². The molecular weight excluding hydrogens is 246 g/mol. The van der Waals surface area contributed by atoms with Gasteiger partial charge in [0.2, 0.25) is 0 Å². The fourth-order valence-corrected chi connectivity index (χ4v) is 1.89. The molecule has 0 radical (unpaired) electrons. The second-order valence-corrected chi connectivity index (χ2v) is 5.83. The van der Waals surface area contributed by atoms with Crippen LogP contribution in [0.25, 0.3) is 11.0 Å². The van der Waals surface area contributed by atoms with Gasteiger partial charge in [-0.15, -0.1) is 0 Å². The van der Waals surface area contributed by atoms with E-state index < -0.39 is 0 Å². The molecule has 0 spiro atoms. The highest BCUT2D eigenvalue weighted by atomic mass is 16.3. The van der Waals surface area contributed by atoms with Crippen LogP contribution in [0.5, 0.6) is 0 Å². The molecule has 0 bridgehead atoms. The van der Waals surface area contributed by atoms with Crippen molar-refractivity contribution in [2.24, 2.45) is 0 Å². The van der Waals surface area contributed by atoms with Crippen LogP contribution in [-0.2, 0) is 5.41 Å². The summed E-state index contributed by atoms with van der Waals surface area (Å²) in [4.78, 5) is 0. The van der Waals surface area contributed by atoms with E-state index in [1.807, 2.05) is 42.5 Å². The van der Waals surface area contributed by atoms with Crippen molar-refractivity contribution in [1.82, 2.24) is 0 Å². The summed E-state index contributed by atoms with van der Waals surface area (Å²) in [7, 11) is 0. The maximum absolute atomic E-state index is 5.36. The topological polar surface area (TPSA) is 39.2 Å². The summed E-state index contributed by atoms with van der Waals surface area (Å²) in [6.45, 7) is 6.65. The lowest BCUT2D eigenvalue weighted by atomic mass is 9.87. The maximum Gasteiger partial charge on any atom is 0.133 e. The first-order valence-corrected chi connectivity index (χ1v) is 6.75. The van der Waals surface area contributed by atoms with Gasteiger partial charge in [0, 0.05) is 11.1 Å². The second-order valence-electron chi connectivity index (χ2n) is 5.83. The number of rotatable bonds is 0. The van der Waals surface area contributed by atoms with Crippen LogP contribution in [0.1, 0.15) is 26.3 Å². The summed E-state index contributed by atoms with van der Waals surface area (Å²) in [6.07, 6.45) is 1.73. The Balaban J connectivity index is 0.000000178. The number of nitrogen functional groups attached to an aromatic ring is 1. The minimum Gasteiger partial charge on any atom is -0.464 e. The second kappa shape index (κ2) is 5.83. The van der Waals surface area contributed by atoms with Gasteiger partial charge in [-0.25, -0.2) is 0 Å². The molecule has 2 nitrogen and oxygen atoms in total. The average Bonchev–Trinajstić information content (AvgIpc) is 2.86. The molecule has 0 unspecified atom stereocenters. The molecule has 2 N–H and O–H groups in total. The molecule has 0 aliphatic rings. The van der Waals surface area contributed by atoms with E-state index in [1.54, 1.807) is 6.26 Å². The van der Waals surface area contributed by atoms with Crippen molar-refractivity contribution in [2.45, 2.75) is 26.2 Å². The average molecular weight is 267 g/mol. The van der Waals surface area contributed by atoms with Crippen LogP contribution in [0.2, 0.25) is 0 Å². The maximum atomic E-state index is 5.36. The van der Waals surface area contributed by atoms with Crippen LogP contribution in [-0.4, -0.2) is 0 Å². The molecule has 3 rings (SSSR count). The van der Waals surface area contributed by atoms with Crippen LogP contribution in [0, 0.1) is 0 Å². The largest absolute Gasteiger partial charge is 0.464 e. The van der Waals surface area contributed by atoms with Crippen LogP contribution >= 0.6 is 0 Å². The van der Waals surface area contributed by atoms with Crippen molar-refractivity contribution in [3.8, 4) is 0 Å². The third-order valence-electron chi connectivity index (χ3n) is 3.12. The Morgan fingerprint density at radius 2 is 1.60 bits per heavy atom. The molecule has 1 heterocycles. The van der Waals surface area contributed by atoms with Crippen LogP contribution in [0.4, 0.5) is 5.69 Å². The first-order valence-electron chi connectivity index (χ1n) is 6.75. The van der Waals surface area contributed by atoms with Crippen molar-refractivity contribution < 1.29 is 4.42 Å². The van der Waals surface area contributed by atoms with E-state index in [0.717, 1.165) is 11.3 Å². The van der Waals surface area contributed by atoms with Crippen molar-refractivity contribution in [2.75, 3.05) is 5.73 Å². The first-order chi connectivity index (χ1) is 9.47. The molecule has 1 aromatic heterocycles. The van der Waals surface area contributed by atoms with E-state index in [4.69, 9.17) is 10.2 Å². The van der Waals surface area contributed by atoms with Crippen molar-refractivity contribution >= 4 is 16.7 Å². The van der Waals surface area contributed by atoms with Gasteiger partial charge in [-0.1, -0.05) is 45.0 Å². The zero-order chi connectivity index (χ0) is 14.6. The summed E-state index contributed by atoms with van der Waals surface area (Å²) < 4.78 is 5.29. The molecule has 0 amide bonds. The van der Waals surface area contributed by atoms with Crippen LogP contribution in [0.3, 0.4) is 0 Å². The molecule has 2 heteroatoms. The van der Waals surface area contributed by atoms with Crippen LogP contribution in [0.15, 0.2) is 65.3 Å². The molecule has 20 heavy (non-hydrogen) atoms. The van der Waals surface area contributed by atoms with Gasteiger partial charge in [0.05, 0.1) is 6.26 Å². The highest BCUT2D eigenvalue weighted by Gasteiger charge is 2.13. The molecule has 2 aromatic carbocycles. The predicted octanol–water partition coefficient (Wildman–Crippen LogP) is 5.00. The zero-order valence-electron chi connectivity index (χ0n) is 12.3. The Morgan fingerprint density at radius 3 is 2.15 bits per heavy atom. The number of hydrogen-bond acceptors (Lipinski definition) is 2. The predicted molar refractivity (Wildman–Crippen MR) is 85.8 cm³/mol. The van der Waals surface area contributed by atoms with Gasteiger partial charge in [-0.05, 0) is 41.3 Å². The Kier molecular flexibility index (Phi) is 4.14. The van der Waals surface area contributed by atoms with Gasteiger partial charge in [-0.2, -0.15) is 0 Å². The molecule has 0 saturated heterocycles. The standard InChI is InChI=1S/C12H14O.C6H7N/c1-12(2,3)10-4-5-11-9(8-10)6-7-13-11;7-6-4-2-1-3-5-6/h4-8H,1-3H3;1-5H,7H2. The molecule has 3 aromatic rings. The highest BCUT2D eigenvalue weighted by molar-refractivity contribution is 5.78. The number of hydrogen-bond donors (Lipinski definition) is 1. The minimum absolute atomic E-state index is 0.214. The zero-order valence-corrected chi connectivity index (χ0v) is 12.3. The third kappa shape index (κ3) is 3.64. The first kappa shape index (κ1) is 14.2. The van der Waals surface area contributed by atoms with Gasteiger partial charge < -0.3 is 10.2 Å². The van der Waals surface area contributed by atoms with E-state index in [0.29, 0.717) is 0 Å². The fourth-order valence-electron chi connectivity index (χ4n) is 1.89. The van der Waals surface area contributed by atoms with E-state index in [2.05, 4.69) is 32.9 Å². The number of nitrogens with two attached hydrogens (primary N) is 1. The molecule has 0 aliphatic heterocycles. The summed E-state index contributed by atoms with van der Waals surface area (Å²) >= 11 is 0. The third-order valence-corrected chi connectivity index (χ3v) is 3.12. The van der Waals surface area contributed by atoms with E-state index in [1.165, 1.54) is 10.9 Å². The Morgan fingerprint density at radius 1 is 0.900 bits per heavy atom. The molecule has 0 fully saturated rings. The summed E-state index contributed by atoms with van der Waals surface area (Å²) in [5.41, 5.74) is 8.71. The lowest BCUT2D eigenvalue weighted by Gasteiger charge is -2.18. The Labute approximate surface area is 120 Å². The molecule has 0 saturated carbocycles. The van der Waals surface area contributed by atoms with Crippen molar-refractivity contribution in [3.05, 3.63) is 66.4 Å². The summed E-state index contributed by atoms with van der Waals surface area (Å²) in [5, 5.41) is 1.19. The SMILES string of the molecule is CC(C)(C)c1ccc2occc2c1.Nc1ccccc1. The van der Waals surface area contributed by atoms with Crippen molar-refractivity contribution in [1.29, 1.82) is 0 Å². The number of furan rings is 1. The van der Waals surface area contributed by atoms with Crippen LogP contribution < -0.4 is 5.73 Å². The number of para-hydroxylation sites is 1. The molecule has 104 valence electrons. The fraction of sp³-hybridized carbons (Fsp3) is 0.222. The molecule has 0 atom stereocenters.